The van der Waals surface area contributed by atoms with Crippen LogP contribution in [-0.4, -0.2) is 15.7 Å². The molecular formula is C16H20BrN3O. The van der Waals surface area contributed by atoms with Crippen LogP contribution >= 0.6 is 15.9 Å². The predicted molar refractivity (Wildman–Crippen MR) is 88.5 cm³/mol. The second kappa shape index (κ2) is 6.43. The van der Waals surface area contributed by atoms with E-state index in [2.05, 4.69) is 26.3 Å². The van der Waals surface area contributed by atoms with E-state index in [0.717, 1.165) is 32.7 Å². The summed E-state index contributed by atoms with van der Waals surface area (Å²) in [7, 11) is 1.93. The molecule has 0 atom stereocenters. The Bertz CT molecular complexity index is 676. The number of nitrogens with zero attached hydrogens (tertiary/aromatic N) is 2. The first kappa shape index (κ1) is 15.8. The molecule has 0 spiro atoms. The molecule has 112 valence electrons. The van der Waals surface area contributed by atoms with Crippen LogP contribution in [0.5, 0.6) is 0 Å². The molecule has 0 aliphatic rings. The van der Waals surface area contributed by atoms with Gasteiger partial charge < -0.3 is 5.32 Å². The summed E-state index contributed by atoms with van der Waals surface area (Å²) in [5, 5.41) is 7.30. The maximum atomic E-state index is 12.1. The second-order valence-electron chi connectivity index (χ2n) is 5.29. The highest BCUT2D eigenvalue weighted by molar-refractivity contribution is 9.10. The average Bonchev–Trinajstić information content (AvgIpc) is 2.66. The van der Waals surface area contributed by atoms with Crippen LogP contribution in [0.3, 0.4) is 0 Å². The molecule has 4 nitrogen and oxygen atoms in total. The number of hydrogen-bond acceptors (Lipinski definition) is 2. The average molecular weight is 350 g/mol. The van der Waals surface area contributed by atoms with Crippen LogP contribution in [0.15, 0.2) is 22.7 Å². The van der Waals surface area contributed by atoms with Crippen LogP contribution in [0, 0.1) is 20.8 Å². The summed E-state index contributed by atoms with van der Waals surface area (Å²) in [5.41, 5.74) is 5.25. The third kappa shape index (κ3) is 3.73. The Morgan fingerprint density at radius 1 is 1.33 bits per heavy atom. The number of benzene rings is 1. The minimum Gasteiger partial charge on any atom is -0.326 e. The molecule has 2 rings (SSSR count). The molecule has 1 aromatic heterocycles. The molecule has 1 N–H and O–H groups in total. The second-order valence-corrected chi connectivity index (χ2v) is 6.14. The van der Waals surface area contributed by atoms with Gasteiger partial charge in [-0.25, -0.2) is 0 Å². The van der Waals surface area contributed by atoms with Gasteiger partial charge in [-0.2, -0.15) is 5.10 Å². The van der Waals surface area contributed by atoms with E-state index in [-0.39, 0.29) is 5.91 Å². The van der Waals surface area contributed by atoms with Crippen molar-refractivity contribution in [2.45, 2.75) is 33.6 Å². The standard InChI is InChI=1S/C16H20BrN3O/c1-10-5-6-13(9-15(10)17)18-16(21)8-7-14-11(2)19-20(4)12(14)3/h5-6,9H,7-8H2,1-4H3,(H,18,21). The largest absolute Gasteiger partial charge is 0.326 e. The molecule has 5 heteroatoms. The summed E-state index contributed by atoms with van der Waals surface area (Å²) in [6.45, 7) is 6.03. The molecular weight excluding hydrogens is 330 g/mol. The van der Waals surface area contributed by atoms with Crippen LogP contribution < -0.4 is 5.32 Å². The monoisotopic (exact) mass is 349 g/mol. The summed E-state index contributed by atoms with van der Waals surface area (Å²) < 4.78 is 2.86. The van der Waals surface area contributed by atoms with E-state index in [4.69, 9.17) is 0 Å². The predicted octanol–water partition coefficient (Wildman–Crippen LogP) is 3.68. The Morgan fingerprint density at radius 2 is 2.05 bits per heavy atom. The van der Waals surface area contributed by atoms with Crippen molar-refractivity contribution in [3.8, 4) is 0 Å². The van der Waals surface area contributed by atoms with Gasteiger partial charge in [-0.15, -0.1) is 0 Å². The van der Waals surface area contributed by atoms with Crippen LogP contribution in [-0.2, 0) is 18.3 Å². The Balaban J connectivity index is 1.97. The van der Waals surface area contributed by atoms with Gasteiger partial charge in [0.15, 0.2) is 0 Å². The van der Waals surface area contributed by atoms with E-state index >= 15 is 0 Å². The molecule has 1 heterocycles. The van der Waals surface area contributed by atoms with Crippen molar-refractivity contribution < 1.29 is 4.79 Å². The molecule has 2 aromatic rings. The van der Waals surface area contributed by atoms with Crippen molar-refractivity contribution in [2.24, 2.45) is 7.05 Å². The molecule has 0 aliphatic carbocycles. The maximum absolute atomic E-state index is 12.1. The summed E-state index contributed by atoms with van der Waals surface area (Å²) in [6, 6.07) is 5.82. The number of nitrogens with one attached hydrogen (secondary N) is 1. The Hall–Kier alpha value is -1.62. The van der Waals surface area contributed by atoms with Gasteiger partial charge in [0, 0.05) is 29.3 Å². The third-order valence-corrected chi connectivity index (χ3v) is 4.57. The van der Waals surface area contributed by atoms with E-state index < -0.39 is 0 Å². The molecule has 1 amide bonds. The van der Waals surface area contributed by atoms with Crippen LogP contribution in [0.4, 0.5) is 5.69 Å². The number of anilines is 1. The van der Waals surface area contributed by atoms with Crippen molar-refractivity contribution in [2.75, 3.05) is 5.32 Å². The van der Waals surface area contributed by atoms with E-state index in [1.54, 1.807) is 0 Å². The minimum atomic E-state index is 0.0217. The number of rotatable bonds is 4. The van der Waals surface area contributed by atoms with Crippen molar-refractivity contribution in [3.63, 3.8) is 0 Å². The molecule has 0 aliphatic heterocycles. The smallest absolute Gasteiger partial charge is 0.224 e. The molecule has 0 bridgehead atoms. The number of aromatic nitrogens is 2. The Morgan fingerprint density at radius 3 is 2.62 bits per heavy atom. The fourth-order valence-electron chi connectivity index (χ4n) is 2.31. The quantitative estimate of drug-likeness (QED) is 0.914. The summed E-state index contributed by atoms with van der Waals surface area (Å²) >= 11 is 3.47. The summed E-state index contributed by atoms with van der Waals surface area (Å²) in [5.74, 6) is 0.0217. The van der Waals surface area contributed by atoms with E-state index in [1.165, 1.54) is 0 Å². The van der Waals surface area contributed by atoms with Crippen LogP contribution in [0.2, 0.25) is 0 Å². The van der Waals surface area contributed by atoms with E-state index in [9.17, 15) is 4.79 Å². The summed E-state index contributed by atoms with van der Waals surface area (Å²) in [4.78, 5) is 12.1. The maximum Gasteiger partial charge on any atom is 0.224 e. The van der Waals surface area contributed by atoms with Gasteiger partial charge in [-0.05, 0) is 50.5 Å². The zero-order valence-electron chi connectivity index (χ0n) is 12.8. The molecule has 21 heavy (non-hydrogen) atoms. The SMILES string of the molecule is Cc1ccc(NC(=O)CCc2c(C)nn(C)c2C)cc1Br. The zero-order valence-corrected chi connectivity index (χ0v) is 14.4. The number of carbonyl (C=O) groups is 1. The van der Waals surface area contributed by atoms with E-state index in [0.29, 0.717) is 12.8 Å². The summed E-state index contributed by atoms with van der Waals surface area (Å²) in [6.07, 6.45) is 1.17. The first-order valence-corrected chi connectivity index (χ1v) is 7.73. The minimum absolute atomic E-state index is 0.0217. The number of carbonyl (C=O) groups excluding carboxylic acids is 1. The van der Waals surface area contributed by atoms with Crippen LogP contribution in [0.25, 0.3) is 0 Å². The molecule has 0 saturated carbocycles. The van der Waals surface area contributed by atoms with Gasteiger partial charge in [0.25, 0.3) is 0 Å². The fraction of sp³-hybridized carbons (Fsp3) is 0.375. The number of aryl methyl sites for hydroxylation is 3. The van der Waals surface area contributed by atoms with Gasteiger partial charge >= 0.3 is 0 Å². The van der Waals surface area contributed by atoms with Crippen molar-refractivity contribution in [1.82, 2.24) is 9.78 Å². The lowest BCUT2D eigenvalue weighted by atomic mass is 10.1. The van der Waals surface area contributed by atoms with Gasteiger partial charge in [0.05, 0.1) is 5.69 Å². The van der Waals surface area contributed by atoms with E-state index in [1.807, 2.05) is 50.7 Å². The molecule has 0 radical (unpaired) electrons. The van der Waals surface area contributed by atoms with Crippen molar-refractivity contribution in [3.05, 3.63) is 45.2 Å². The number of amides is 1. The van der Waals surface area contributed by atoms with Gasteiger partial charge in [-0.1, -0.05) is 22.0 Å². The topological polar surface area (TPSA) is 46.9 Å². The number of halogens is 1. The third-order valence-electron chi connectivity index (χ3n) is 3.72. The lowest BCUT2D eigenvalue weighted by Gasteiger charge is -2.07. The lowest BCUT2D eigenvalue weighted by Crippen LogP contribution is -2.12. The highest BCUT2D eigenvalue weighted by Crippen LogP contribution is 2.21. The van der Waals surface area contributed by atoms with Crippen LogP contribution in [0.1, 0.15) is 28.9 Å². The molecule has 0 saturated heterocycles. The first-order chi connectivity index (χ1) is 9.88. The normalized spacial score (nSPS) is 10.7. The molecule has 1 aromatic carbocycles. The van der Waals surface area contributed by atoms with Crippen molar-refractivity contribution in [1.29, 1.82) is 0 Å². The number of hydrogen-bond donors (Lipinski definition) is 1. The Kier molecular flexibility index (Phi) is 4.83. The molecule has 0 unspecified atom stereocenters. The zero-order chi connectivity index (χ0) is 15.6. The fourth-order valence-corrected chi connectivity index (χ4v) is 2.69. The van der Waals surface area contributed by atoms with Gasteiger partial charge in [0.2, 0.25) is 5.91 Å². The Labute approximate surface area is 133 Å². The van der Waals surface area contributed by atoms with Gasteiger partial charge in [0.1, 0.15) is 0 Å². The highest BCUT2D eigenvalue weighted by atomic mass is 79.9. The molecule has 0 fully saturated rings. The first-order valence-electron chi connectivity index (χ1n) is 6.93. The lowest BCUT2D eigenvalue weighted by molar-refractivity contribution is -0.116. The van der Waals surface area contributed by atoms with Crippen molar-refractivity contribution >= 4 is 27.5 Å². The van der Waals surface area contributed by atoms with Gasteiger partial charge in [-0.3, -0.25) is 9.48 Å². The highest BCUT2D eigenvalue weighted by Gasteiger charge is 2.11.